The second-order valence-corrected chi connectivity index (χ2v) is 5.78. The molecule has 98 valence electrons. The lowest BCUT2D eigenvalue weighted by molar-refractivity contribution is 0.172. The molecule has 3 rings (SSSR count). The minimum atomic E-state index is -0.127. The average Bonchev–Trinajstić information content (AvgIpc) is 2.87. The van der Waals surface area contributed by atoms with Gasteiger partial charge in [0, 0.05) is 5.69 Å². The summed E-state index contributed by atoms with van der Waals surface area (Å²) in [5.74, 6) is 0.951. The third kappa shape index (κ3) is 2.24. The van der Waals surface area contributed by atoms with Gasteiger partial charge in [-0.05, 0) is 43.7 Å². The molecule has 0 spiro atoms. The van der Waals surface area contributed by atoms with Crippen molar-refractivity contribution >= 4 is 5.82 Å². The molecular weight excluding hydrogens is 224 g/mol. The average molecular weight is 246 g/mol. The van der Waals surface area contributed by atoms with Gasteiger partial charge in [-0.2, -0.15) is 0 Å². The summed E-state index contributed by atoms with van der Waals surface area (Å²) in [6.07, 6.45) is 9.34. The van der Waals surface area contributed by atoms with Gasteiger partial charge in [-0.1, -0.05) is 25.3 Å². The molecular formula is C15H22N2O. The highest BCUT2D eigenvalue weighted by Crippen LogP contribution is 2.31. The Labute approximate surface area is 109 Å². The fourth-order valence-electron chi connectivity index (χ4n) is 3.31. The maximum Gasteiger partial charge on any atom is 0.126 e. The Balaban J connectivity index is 1.78. The maximum atomic E-state index is 9.71. The molecule has 0 amide bonds. The van der Waals surface area contributed by atoms with Crippen LogP contribution in [0.25, 0.3) is 0 Å². The van der Waals surface area contributed by atoms with Gasteiger partial charge in [-0.25, -0.2) is 4.98 Å². The van der Waals surface area contributed by atoms with Gasteiger partial charge < -0.3 is 10.4 Å². The Morgan fingerprint density at radius 1 is 1.11 bits per heavy atom. The van der Waals surface area contributed by atoms with Gasteiger partial charge >= 0.3 is 0 Å². The zero-order valence-corrected chi connectivity index (χ0v) is 10.9. The number of aryl methyl sites for hydroxylation is 2. The Morgan fingerprint density at radius 3 is 2.72 bits per heavy atom. The summed E-state index contributed by atoms with van der Waals surface area (Å²) in [6.45, 7) is 0.214. The zero-order valence-electron chi connectivity index (χ0n) is 10.9. The third-order valence-corrected chi connectivity index (χ3v) is 4.43. The molecule has 0 unspecified atom stereocenters. The van der Waals surface area contributed by atoms with E-state index in [4.69, 9.17) is 4.98 Å². The van der Waals surface area contributed by atoms with E-state index >= 15 is 0 Å². The molecule has 0 aliphatic heterocycles. The summed E-state index contributed by atoms with van der Waals surface area (Å²) < 4.78 is 0. The van der Waals surface area contributed by atoms with E-state index in [1.807, 2.05) is 0 Å². The minimum Gasteiger partial charge on any atom is -0.394 e. The molecule has 1 fully saturated rings. The van der Waals surface area contributed by atoms with Crippen molar-refractivity contribution in [2.24, 2.45) is 0 Å². The Kier molecular flexibility index (Phi) is 3.25. The van der Waals surface area contributed by atoms with E-state index in [0.29, 0.717) is 0 Å². The number of nitrogens with zero attached hydrogens (tertiary/aromatic N) is 1. The molecule has 2 N–H and O–H groups in total. The molecule has 0 aromatic carbocycles. The van der Waals surface area contributed by atoms with Gasteiger partial charge in [0.05, 0.1) is 12.1 Å². The highest BCUT2D eigenvalue weighted by atomic mass is 16.3. The van der Waals surface area contributed by atoms with Crippen LogP contribution in [0.5, 0.6) is 0 Å². The number of rotatable bonds is 3. The van der Waals surface area contributed by atoms with Crippen LogP contribution < -0.4 is 5.32 Å². The first-order valence-electron chi connectivity index (χ1n) is 7.19. The van der Waals surface area contributed by atoms with Gasteiger partial charge in [-0.3, -0.25) is 0 Å². The van der Waals surface area contributed by atoms with Crippen LogP contribution in [0.2, 0.25) is 0 Å². The van der Waals surface area contributed by atoms with E-state index in [1.54, 1.807) is 0 Å². The number of fused-ring (bicyclic) bond motifs is 1. The predicted molar refractivity (Wildman–Crippen MR) is 72.8 cm³/mol. The molecule has 2 aliphatic rings. The monoisotopic (exact) mass is 246 g/mol. The summed E-state index contributed by atoms with van der Waals surface area (Å²) in [5.41, 5.74) is 2.53. The van der Waals surface area contributed by atoms with Crippen LogP contribution in [0.15, 0.2) is 12.1 Å². The molecule has 18 heavy (non-hydrogen) atoms. The van der Waals surface area contributed by atoms with Crippen molar-refractivity contribution in [3.8, 4) is 0 Å². The molecule has 3 nitrogen and oxygen atoms in total. The largest absolute Gasteiger partial charge is 0.394 e. The van der Waals surface area contributed by atoms with Gasteiger partial charge in [-0.15, -0.1) is 0 Å². The van der Waals surface area contributed by atoms with E-state index in [2.05, 4.69) is 17.4 Å². The second-order valence-electron chi connectivity index (χ2n) is 5.78. The molecule has 1 heterocycles. The third-order valence-electron chi connectivity index (χ3n) is 4.43. The Hall–Kier alpha value is -1.09. The quantitative estimate of drug-likeness (QED) is 0.862. The van der Waals surface area contributed by atoms with Gasteiger partial charge in [0.1, 0.15) is 5.82 Å². The summed E-state index contributed by atoms with van der Waals surface area (Å²) >= 11 is 0. The van der Waals surface area contributed by atoms with E-state index in [9.17, 15) is 5.11 Å². The van der Waals surface area contributed by atoms with Crippen LogP contribution >= 0.6 is 0 Å². The highest BCUT2D eigenvalue weighted by Gasteiger charge is 2.31. The number of hydrogen-bond donors (Lipinski definition) is 2. The lowest BCUT2D eigenvalue weighted by Crippen LogP contribution is -2.44. The van der Waals surface area contributed by atoms with Crippen molar-refractivity contribution in [1.29, 1.82) is 0 Å². The first-order valence-corrected chi connectivity index (χ1v) is 7.19. The van der Waals surface area contributed by atoms with Gasteiger partial charge in [0.2, 0.25) is 0 Å². The predicted octanol–water partition coefficient (Wildman–Crippen LogP) is 2.68. The van der Waals surface area contributed by atoms with Crippen LogP contribution in [0, 0.1) is 0 Å². The normalized spacial score (nSPS) is 21.6. The fourth-order valence-corrected chi connectivity index (χ4v) is 3.31. The molecule has 0 saturated heterocycles. The number of hydrogen-bond acceptors (Lipinski definition) is 3. The standard InChI is InChI=1S/C15H22N2O/c18-11-15(9-2-1-3-10-15)17-14-8-7-12-5-4-6-13(12)16-14/h7-8,18H,1-6,9-11H2,(H,16,17). The van der Waals surface area contributed by atoms with Crippen LogP contribution in [0.3, 0.4) is 0 Å². The number of aromatic nitrogens is 1. The summed E-state index contributed by atoms with van der Waals surface area (Å²) in [5, 5.41) is 13.2. The van der Waals surface area contributed by atoms with Gasteiger partial charge in [0.15, 0.2) is 0 Å². The van der Waals surface area contributed by atoms with E-state index in [1.165, 1.54) is 43.4 Å². The van der Waals surface area contributed by atoms with Crippen molar-refractivity contribution in [2.45, 2.75) is 56.9 Å². The first kappa shape index (κ1) is 12.0. The number of anilines is 1. The molecule has 0 bridgehead atoms. The summed E-state index contributed by atoms with van der Waals surface area (Å²) in [4.78, 5) is 4.72. The lowest BCUT2D eigenvalue weighted by atomic mass is 9.82. The molecule has 0 atom stereocenters. The molecule has 1 aromatic rings. The van der Waals surface area contributed by atoms with Crippen molar-refractivity contribution in [3.05, 3.63) is 23.4 Å². The zero-order chi connectivity index (χ0) is 12.4. The van der Waals surface area contributed by atoms with Crippen molar-refractivity contribution < 1.29 is 5.11 Å². The molecule has 2 aliphatic carbocycles. The van der Waals surface area contributed by atoms with Crippen LogP contribution in [0.1, 0.15) is 49.8 Å². The second kappa shape index (κ2) is 4.88. The van der Waals surface area contributed by atoms with Crippen molar-refractivity contribution in [1.82, 2.24) is 4.98 Å². The van der Waals surface area contributed by atoms with Crippen LogP contribution in [-0.4, -0.2) is 22.2 Å². The molecule has 1 saturated carbocycles. The van der Waals surface area contributed by atoms with E-state index in [0.717, 1.165) is 25.1 Å². The fraction of sp³-hybridized carbons (Fsp3) is 0.667. The first-order chi connectivity index (χ1) is 8.81. The summed E-state index contributed by atoms with van der Waals surface area (Å²) in [7, 11) is 0. The Morgan fingerprint density at radius 2 is 1.94 bits per heavy atom. The van der Waals surface area contributed by atoms with E-state index in [-0.39, 0.29) is 12.1 Å². The maximum absolute atomic E-state index is 9.71. The Bertz CT molecular complexity index is 425. The van der Waals surface area contributed by atoms with Crippen molar-refractivity contribution in [3.63, 3.8) is 0 Å². The molecule has 1 aromatic heterocycles. The number of aliphatic hydroxyl groups is 1. The minimum absolute atomic E-state index is 0.127. The SMILES string of the molecule is OCC1(Nc2ccc3c(n2)CCC3)CCCCC1. The smallest absolute Gasteiger partial charge is 0.126 e. The highest BCUT2D eigenvalue weighted by molar-refractivity contribution is 5.42. The van der Waals surface area contributed by atoms with E-state index < -0.39 is 0 Å². The number of nitrogens with one attached hydrogen (secondary N) is 1. The van der Waals surface area contributed by atoms with Crippen LogP contribution in [-0.2, 0) is 12.8 Å². The van der Waals surface area contributed by atoms with Crippen LogP contribution in [0.4, 0.5) is 5.82 Å². The van der Waals surface area contributed by atoms with Crippen molar-refractivity contribution in [2.75, 3.05) is 11.9 Å². The number of aliphatic hydroxyl groups excluding tert-OH is 1. The number of pyridine rings is 1. The molecule has 3 heteroatoms. The molecule has 0 radical (unpaired) electrons. The topological polar surface area (TPSA) is 45.1 Å². The lowest BCUT2D eigenvalue weighted by Gasteiger charge is -2.37. The summed E-state index contributed by atoms with van der Waals surface area (Å²) in [6, 6.07) is 4.28. The van der Waals surface area contributed by atoms with Gasteiger partial charge in [0.25, 0.3) is 0 Å².